The molecule has 6 heteroatoms. The lowest BCUT2D eigenvalue weighted by Gasteiger charge is -2.43. The predicted molar refractivity (Wildman–Crippen MR) is 79.6 cm³/mol. The molecule has 0 aromatic heterocycles. The van der Waals surface area contributed by atoms with Gasteiger partial charge in [0, 0.05) is 0 Å². The largest absolute Gasteiger partial charge is 0.480 e. The molecule has 2 aliphatic rings. The number of thioether (sulfide) groups is 1. The molecule has 4 atom stereocenters. The van der Waals surface area contributed by atoms with Crippen LogP contribution in [0.3, 0.4) is 0 Å². The number of carbonyl (C=O) groups is 2. The number of β-lactam (4-membered cyclic amide) rings is 1. The van der Waals surface area contributed by atoms with Crippen molar-refractivity contribution in [2.75, 3.05) is 6.54 Å². The highest BCUT2D eigenvalue weighted by molar-refractivity contribution is 8.02. The van der Waals surface area contributed by atoms with Gasteiger partial charge in [0.25, 0.3) is 0 Å². The van der Waals surface area contributed by atoms with Crippen molar-refractivity contribution in [3.63, 3.8) is 0 Å². The first-order valence-corrected chi connectivity index (χ1v) is 7.94. The van der Waals surface area contributed by atoms with Gasteiger partial charge in [0.2, 0.25) is 5.91 Å². The number of rotatable bonds is 7. The van der Waals surface area contributed by atoms with Crippen LogP contribution in [-0.2, 0) is 9.59 Å². The summed E-state index contributed by atoms with van der Waals surface area (Å²) in [5.74, 6) is -1.06. The molecule has 2 saturated heterocycles. The molecular formula is C14H22N2O3S. The molecule has 0 bridgehead atoms. The Morgan fingerprint density at radius 2 is 2.30 bits per heavy atom. The first-order valence-electron chi connectivity index (χ1n) is 7.06. The van der Waals surface area contributed by atoms with Crippen LogP contribution in [0.25, 0.3) is 0 Å². The number of amides is 1. The van der Waals surface area contributed by atoms with Crippen molar-refractivity contribution in [3.8, 4) is 0 Å². The molecule has 0 spiro atoms. The van der Waals surface area contributed by atoms with Gasteiger partial charge in [0.15, 0.2) is 0 Å². The fraction of sp³-hybridized carbons (Fsp3) is 0.714. The molecule has 0 aromatic carbocycles. The number of carboxylic acids is 1. The Labute approximate surface area is 123 Å². The maximum Gasteiger partial charge on any atom is 0.328 e. The zero-order chi connectivity index (χ0) is 14.9. The number of carbonyl (C=O) groups excluding carboxylic acids is 1. The van der Waals surface area contributed by atoms with Gasteiger partial charge >= 0.3 is 5.97 Å². The first kappa shape index (κ1) is 15.4. The van der Waals surface area contributed by atoms with Gasteiger partial charge in [0.1, 0.15) is 17.5 Å². The minimum absolute atomic E-state index is 0.0896. The number of hydrogen-bond acceptors (Lipinski definition) is 4. The summed E-state index contributed by atoms with van der Waals surface area (Å²) in [6.45, 7) is 8.51. The molecule has 2 N–H and O–H groups in total. The smallest absolute Gasteiger partial charge is 0.328 e. The van der Waals surface area contributed by atoms with Crippen LogP contribution < -0.4 is 5.32 Å². The van der Waals surface area contributed by atoms with E-state index in [1.807, 2.05) is 6.92 Å². The minimum atomic E-state index is -0.958. The number of hydrogen-bond donors (Lipinski definition) is 2. The Balaban J connectivity index is 2.03. The zero-order valence-electron chi connectivity index (χ0n) is 12.0. The first-order chi connectivity index (χ1) is 9.46. The Morgan fingerprint density at radius 3 is 2.85 bits per heavy atom. The van der Waals surface area contributed by atoms with Crippen molar-refractivity contribution in [3.05, 3.63) is 12.7 Å². The number of nitrogens with zero attached hydrogens (tertiary/aromatic N) is 1. The third-order valence-electron chi connectivity index (χ3n) is 4.06. The van der Waals surface area contributed by atoms with Crippen LogP contribution in [0.1, 0.15) is 33.1 Å². The lowest BCUT2D eigenvalue weighted by Crippen LogP contribution is -2.70. The maximum atomic E-state index is 12.2. The number of carboxylic acid groups (broad SMARTS) is 1. The van der Waals surface area contributed by atoms with Gasteiger partial charge in [-0.05, 0) is 19.9 Å². The summed E-state index contributed by atoms with van der Waals surface area (Å²) in [4.78, 5) is 25.1. The van der Waals surface area contributed by atoms with Crippen molar-refractivity contribution in [2.24, 2.45) is 0 Å². The van der Waals surface area contributed by atoms with Crippen molar-refractivity contribution in [2.45, 2.75) is 55.3 Å². The standard InChI is InChI=1S/C14H22N2O3S/c1-4-6-7-8-15-9-11(17)16-10(13(18)19)14(3,5-2)20-12(9)16/h5,9-10,12,15H,2,4,6-8H2,1,3H3,(H,18,19)/t9-,10?,12-,14-/m1/s1. The van der Waals surface area contributed by atoms with E-state index in [0.717, 1.165) is 25.8 Å². The molecule has 1 amide bonds. The Morgan fingerprint density at radius 1 is 1.60 bits per heavy atom. The predicted octanol–water partition coefficient (Wildman–Crippen LogP) is 1.45. The van der Waals surface area contributed by atoms with Gasteiger partial charge in [-0.25, -0.2) is 4.79 Å². The summed E-state index contributed by atoms with van der Waals surface area (Å²) in [6, 6.07) is -1.06. The van der Waals surface area contributed by atoms with Crippen LogP contribution in [0.15, 0.2) is 12.7 Å². The summed E-state index contributed by atoms with van der Waals surface area (Å²) >= 11 is 1.52. The van der Waals surface area contributed by atoms with Gasteiger partial charge in [-0.15, -0.1) is 18.3 Å². The highest BCUT2D eigenvalue weighted by Gasteiger charge is 2.64. The summed E-state index contributed by atoms with van der Waals surface area (Å²) in [7, 11) is 0. The molecule has 20 heavy (non-hydrogen) atoms. The van der Waals surface area contributed by atoms with Crippen LogP contribution in [0, 0.1) is 0 Å². The molecule has 0 radical (unpaired) electrons. The van der Waals surface area contributed by atoms with E-state index >= 15 is 0 Å². The summed E-state index contributed by atoms with van der Waals surface area (Å²) in [6.07, 6.45) is 4.97. The fourth-order valence-corrected chi connectivity index (χ4v) is 4.48. The van der Waals surface area contributed by atoms with Crippen LogP contribution in [-0.4, -0.2) is 50.6 Å². The molecule has 0 aliphatic carbocycles. The van der Waals surface area contributed by atoms with Crippen molar-refractivity contribution in [1.29, 1.82) is 0 Å². The topological polar surface area (TPSA) is 69.6 Å². The minimum Gasteiger partial charge on any atom is -0.480 e. The van der Waals surface area contributed by atoms with Crippen LogP contribution >= 0.6 is 11.8 Å². The molecular weight excluding hydrogens is 276 g/mol. The van der Waals surface area contributed by atoms with Gasteiger partial charge in [-0.1, -0.05) is 25.8 Å². The number of nitrogens with one attached hydrogen (secondary N) is 1. The van der Waals surface area contributed by atoms with Gasteiger partial charge in [-0.3, -0.25) is 4.79 Å². The van der Waals surface area contributed by atoms with E-state index in [4.69, 9.17) is 0 Å². The fourth-order valence-electron chi connectivity index (χ4n) is 2.83. The average Bonchev–Trinajstić information content (AvgIpc) is 2.69. The Kier molecular flexibility index (Phi) is 4.44. The highest BCUT2D eigenvalue weighted by Crippen LogP contribution is 2.51. The molecule has 0 aromatic rings. The van der Waals surface area contributed by atoms with Gasteiger partial charge < -0.3 is 15.3 Å². The Bertz CT molecular complexity index is 429. The number of aliphatic carboxylic acids is 1. The van der Waals surface area contributed by atoms with E-state index in [9.17, 15) is 14.7 Å². The molecule has 112 valence electrons. The summed E-state index contributed by atoms with van der Waals surface area (Å²) < 4.78 is -0.619. The highest BCUT2D eigenvalue weighted by atomic mass is 32.2. The average molecular weight is 298 g/mol. The molecule has 0 saturated carbocycles. The maximum absolute atomic E-state index is 12.2. The van der Waals surface area contributed by atoms with Crippen LogP contribution in [0.2, 0.25) is 0 Å². The van der Waals surface area contributed by atoms with E-state index in [-0.39, 0.29) is 17.3 Å². The number of unbranched alkanes of at least 4 members (excludes halogenated alkanes) is 2. The van der Waals surface area contributed by atoms with Crippen molar-refractivity contribution in [1.82, 2.24) is 10.2 Å². The van der Waals surface area contributed by atoms with E-state index in [1.54, 1.807) is 6.08 Å². The Hall–Kier alpha value is -1.01. The number of fused-ring (bicyclic) bond motifs is 1. The molecule has 5 nitrogen and oxygen atoms in total. The van der Waals surface area contributed by atoms with Gasteiger partial charge in [0.05, 0.1) is 4.75 Å². The molecule has 2 aliphatic heterocycles. The lowest BCUT2D eigenvalue weighted by atomic mass is 9.94. The second-order valence-corrected chi connectivity index (χ2v) is 7.12. The molecule has 2 fully saturated rings. The quantitative estimate of drug-likeness (QED) is 0.423. The SMILES string of the molecule is C=C[C@@]1(C)S[C@@H]2[C@H](NCCCCC)C(=O)N2C1C(=O)O. The third-order valence-corrected chi connectivity index (χ3v) is 5.70. The van der Waals surface area contributed by atoms with Crippen LogP contribution in [0.5, 0.6) is 0 Å². The normalized spacial score (nSPS) is 35.6. The molecule has 1 unspecified atom stereocenters. The van der Waals surface area contributed by atoms with Crippen LogP contribution in [0.4, 0.5) is 0 Å². The van der Waals surface area contributed by atoms with E-state index in [1.165, 1.54) is 16.7 Å². The van der Waals surface area contributed by atoms with E-state index < -0.39 is 16.8 Å². The molecule has 2 rings (SSSR count). The van der Waals surface area contributed by atoms with Gasteiger partial charge in [-0.2, -0.15) is 0 Å². The molecule has 2 heterocycles. The summed E-state index contributed by atoms with van der Waals surface area (Å²) in [5, 5.41) is 12.5. The van der Waals surface area contributed by atoms with Crippen molar-refractivity contribution < 1.29 is 14.7 Å². The third kappa shape index (κ3) is 2.35. The second kappa shape index (κ2) is 5.77. The monoisotopic (exact) mass is 298 g/mol. The van der Waals surface area contributed by atoms with E-state index in [0.29, 0.717) is 0 Å². The van der Waals surface area contributed by atoms with Crippen molar-refractivity contribution >= 4 is 23.6 Å². The lowest BCUT2D eigenvalue weighted by molar-refractivity contribution is -0.159. The summed E-state index contributed by atoms with van der Waals surface area (Å²) in [5.41, 5.74) is 0. The van der Waals surface area contributed by atoms with E-state index in [2.05, 4.69) is 18.8 Å². The zero-order valence-corrected chi connectivity index (χ0v) is 12.8. The second-order valence-electron chi connectivity index (χ2n) is 5.52.